The van der Waals surface area contributed by atoms with Crippen LogP contribution in [0.5, 0.6) is 5.75 Å². The lowest BCUT2D eigenvalue weighted by molar-refractivity contribution is -0.145. The molecule has 0 bridgehead atoms. The summed E-state index contributed by atoms with van der Waals surface area (Å²) >= 11 is 0. The quantitative estimate of drug-likeness (QED) is 0.850. The molecule has 1 aliphatic carbocycles. The van der Waals surface area contributed by atoms with Gasteiger partial charge in [0.1, 0.15) is 0 Å². The van der Waals surface area contributed by atoms with Gasteiger partial charge in [-0.25, -0.2) is 4.39 Å². The lowest BCUT2D eigenvalue weighted by Crippen LogP contribution is -2.38. The van der Waals surface area contributed by atoms with Gasteiger partial charge in [-0.2, -0.15) is 0 Å². The van der Waals surface area contributed by atoms with Crippen LogP contribution in [0.1, 0.15) is 43.2 Å². The van der Waals surface area contributed by atoms with E-state index in [4.69, 9.17) is 0 Å². The van der Waals surface area contributed by atoms with Crippen molar-refractivity contribution in [3.05, 3.63) is 29.1 Å². The molecule has 1 fully saturated rings. The molecule has 0 amide bonds. The summed E-state index contributed by atoms with van der Waals surface area (Å²) in [7, 11) is 0. The van der Waals surface area contributed by atoms with Gasteiger partial charge in [-0.3, -0.25) is 4.79 Å². The Bertz CT molecular complexity index is 476. The lowest BCUT2D eigenvalue weighted by atomic mass is 9.68. The van der Waals surface area contributed by atoms with Crippen LogP contribution in [0.25, 0.3) is 0 Å². The maximum atomic E-state index is 13.5. The minimum absolute atomic E-state index is 0.259. The molecule has 0 radical (unpaired) electrons. The molecule has 0 heterocycles. The summed E-state index contributed by atoms with van der Waals surface area (Å²) in [5, 5.41) is 19.5. The van der Waals surface area contributed by atoms with E-state index in [9.17, 15) is 19.4 Å². The molecule has 98 valence electrons. The molecule has 1 aromatic carbocycles. The Balaban J connectivity index is 2.63. The zero-order valence-electron chi connectivity index (χ0n) is 10.4. The average Bonchev–Trinajstić information content (AvgIpc) is 2.35. The number of aliphatic carboxylic acids is 1. The molecule has 0 spiro atoms. The summed E-state index contributed by atoms with van der Waals surface area (Å²) in [5.74, 6) is -2.22. The fraction of sp³-hybridized carbons (Fsp3) is 0.500. The summed E-state index contributed by atoms with van der Waals surface area (Å²) in [5.41, 5.74) is -0.234. The van der Waals surface area contributed by atoms with E-state index in [-0.39, 0.29) is 5.56 Å². The van der Waals surface area contributed by atoms with Gasteiger partial charge in [0.15, 0.2) is 11.6 Å². The Labute approximate surface area is 105 Å². The number of benzene rings is 1. The van der Waals surface area contributed by atoms with Gasteiger partial charge in [-0.05, 0) is 31.4 Å². The van der Waals surface area contributed by atoms with Crippen LogP contribution in [0.2, 0.25) is 0 Å². The monoisotopic (exact) mass is 252 g/mol. The fourth-order valence-electron chi connectivity index (χ4n) is 3.00. The van der Waals surface area contributed by atoms with Crippen LogP contribution in [-0.4, -0.2) is 16.2 Å². The standard InChI is InChI=1S/C14H17FO3/c1-9-5-6-10(15)12(16)11(9)14(13(17)18)7-3-2-4-8-14/h5-6,16H,2-4,7-8H2,1H3,(H,17,18). The SMILES string of the molecule is Cc1ccc(F)c(O)c1C1(C(=O)O)CCCCC1. The Morgan fingerprint density at radius 1 is 1.28 bits per heavy atom. The largest absolute Gasteiger partial charge is 0.505 e. The van der Waals surface area contributed by atoms with Gasteiger partial charge >= 0.3 is 5.97 Å². The van der Waals surface area contributed by atoms with Crippen LogP contribution in [0.4, 0.5) is 4.39 Å². The first-order valence-electron chi connectivity index (χ1n) is 6.21. The molecule has 1 aliphatic rings. The minimum Gasteiger partial charge on any atom is -0.505 e. The van der Waals surface area contributed by atoms with Crippen LogP contribution in [0, 0.1) is 12.7 Å². The second kappa shape index (κ2) is 4.59. The normalized spacial score (nSPS) is 18.6. The number of hydrogen-bond acceptors (Lipinski definition) is 2. The van der Waals surface area contributed by atoms with E-state index < -0.39 is 23.0 Å². The third kappa shape index (κ3) is 1.85. The second-order valence-electron chi connectivity index (χ2n) is 5.04. The van der Waals surface area contributed by atoms with Crippen molar-refractivity contribution in [1.29, 1.82) is 0 Å². The molecular weight excluding hydrogens is 235 g/mol. The summed E-state index contributed by atoms with van der Waals surface area (Å²) in [4.78, 5) is 11.7. The first kappa shape index (κ1) is 12.9. The highest BCUT2D eigenvalue weighted by molar-refractivity contribution is 5.83. The number of phenols is 1. The van der Waals surface area contributed by atoms with Gasteiger partial charge in [0.2, 0.25) is 0 Å². The van der Waals surface area contributed by atoms with Crippen molar-refractivity contribution >= 4 is 5.97 Å². The maximum absolute atomic E-state index is 13.5. The minimum atomic E-state index is -1.13. The molecule has 3 nitrogen and oxygen atoms in total. The van der Waals surface area contributed by atoms with Crippen LogP contribution >= 0.6 is 0 Å². The van der Waals surface area contributed by atoms with Gasteiger partial charge in [-0.15, -0.1) is 0 Å². The van der Waals surface area contributed by atoms with E-state index in [1.807, 2.05) is 0 Å². The summed E-state index contributed by atoms with van der Waals surface area (Å²) in [6.07, 6.45) is 3.49. The molecule has 1 aromatic rings. The van der Waals surface area contributed by atoms with Crippen LogP contribution < -0.4 is 0 Å². The topological polar surface area (TPSA) is 57.5 Å². The highest BCUT2D eigenvalue weighted by Crippen LogP contribution is 2.45. The van der Waals surface area contributed by atoms with Crippen molar-refractivity contribution in [2.45, 2.75) is 44.4 Å². The number of carboxylic acids is 1. The molecular formula is C14H17FO3. The van der Waals surface area contributed by atoms with Crippen molar-refractivity contribution < 1.29 is 19.4 Å². The van der Waals surface area contributed by atoms with Crippen LogP contribution in [0.3, 0.4) is 0 Å². The van der Waals surface area contributed by atoms with Crippen molar-refractivity contribution in [1.82, 2.24) is 0 Å². The van der Waals surface area contributed by atoms with Crippen molar-refractivity contribution in [2.24, 2.45) is 0 Å². The number of aromatic hydroxyl groups is 1. The molecule has 4 heteroatoms. The van der Waals surface area contributed by atoms with Gasteiger partial charge in [0, 0.05) is 5.56 Å². The molecule has 2 N–H and O–H groups in total. The lowest BCUT2D eigenvalue weighted by Gasteiger charge is -2.35. The maximum Gasteiger partial charge on any atom is 0.314 e. The second-order valence-corrected chi connectivity index (χ2v) is 5.04. The Hall–Kier alpha value is -1.58. The first-order chi connectivity index (χ1) is 8.49. The predicted octanol–water partition coefficient (Wildman–Crippen LogP) is 3.13. The third-order valence-electron chi connectivity index (χ3n) is 3.93. The van der Waals surface area contributed by atoms with E-state index in [1.54, 1.807) is 6.92 Å². The number of hydrogen-bond donors (Lipinski definition) is 2. The zero-order chi connectivity index (χ0) is 13.3. The number of halogens is 1. The van der Waals surface area contributed by atoms with E-state index in [1.165, 1.54) is 12.1 Å². The predicted molar refractivity (Wildman–Crippen MR) is 65.2 cm³/mol. The van der Waals surface area contributed by atoms with Crippen molar-refractivity contribution in [3.63, 3.8) is 0 Å². The van der Waals surface area contributed by atoms with E-state index in [0.29, 0.717) is 18.4 Å². The third-order valence-corrected chi connectivity index (χ3v) is 3.93. The molecule has 0 atom stereocenters. The highest BCUT2D eigenvalue weighted by Gasteiger charge is 2.44. The Morgan fingerprint density at radius 3 is 2.44 bits per heavy atom. The van der Waals surface area contributed by atoms with Crippen LogP contribution in [0.15, 0.2) is 12.1 Å². The van der Waals surface area contributed by atoms with Crippen molar-refractivity contribution in [2.75, 3.05) is 0 Å². The molecule has 18 heavy (non-hydrogen) atoms. The Morgan fingerprint density at radius 2 is 1.89 bits per heavy atom. The van der Waals surface area contributed by atoms with E-state index in [2.05, 4.69) is 0 Å². The molecule has 2 rings (SSSR count). The van der Waals surface area contributed by atoms with Gasteiger partial charge in [-0.1, -0.05) is 25.3 Å². The molecule has 0 unspecified atom stereocenters. The number of aryl methyl sites for hydroxylation is 1. The number of phenolic OH excluding ortho intramolecular Hbond substituents is 1. The summed E-state index contributed by atoms with van der Waals surface area (Å²) in [6.45, 7) is 1.72. The van der Waals surface area contributed by atoms with Gasteiger partial charge in [0.25, 0.3) is 0 Å². The average molecular weight is 252 g/mol. The van der Waals surface area contributed by atoms with Crippen molar-refractivity contribution in [3.8, 4) is 5.75 Å². The number of carboxylic acid groups (broad SMARTS) is 1. The van der Waals surface area contributed by atoms with E-state index in [0.717, 1.165) is 19.3 Å². The Kier molecular flexibility index (Phi) is 3.28. The molecule has 0 saturated heterocycles. The first-order valence-corrected chi connectivity index (χ1v) is 6.21. The fourth-order valence-corrected chi connectivity index (χ4v) is 3.00. The number of carbonyl (C=O) groups is 1. The molecule has 0 aliphatic heterocycles. The molecule has 1 saturated carbocycles. The highest BCUT2D eigenvalue weighted by atomic mass is 19.1. The smallest absolute Gasteiger partial charge is 0.314 e. The van der Waals surface area contributed by atoms with Gasteiger partial charge < -0.3 is 10.2 Å². The zero-order valence-corrected chi connectivity index (χ0v) is 10.4. The number of rotatable bonds is 2. The van der Waals surface area contributed by atoms with Crippen LogP contribution in [-0.2, 0) is 10.2 Å². The van der Waals surface area contributed by atoms with E-state index >= 15 is 0 Å². The van der Waals surface area contributed by atoms with Gasteiger partial charge in [0.05, 0.1) is 5.41 Å². The summed E-state index contributed by atoms with van der Waals surface area (Å²) < 4.78 is 13.5. The molecule has 0 aromatic heterocycles. The summed E-state index contributed by atoms with van der Waals surface area (Å²) in [6, 6.07) is 2.70.